The van der Waals surface area contributed by atoms with Gasteiger partial charge in [0, 0.05) is 63.3 Å². The Kier molecular flexibility index (Phi) is 6.06. The first-order chi connectivity index (χ1) is 16.7. The molecule has 0 aliphatic heterocycles. The third-order valence-corrected chi connectivity index (χ3v) is 7.09. The number of rotatable bonds is 4. The monoisotopic (exact) mass is 448 g/mol. The molecule has 4 heterocycles. The summed E-state index contributed by atoms with van der Waals surface area (Å²) in [5, 5.41) is 5.18. The molecule has 0 saturated carbocycles. The lowest BCUT2D eigenvalue weighted by Gasteiger charge is -2.14. The summed E-state index contributed by atoms with van der Waals surface area (Å²) in [6.07, 6.45) is 9.95. The van der Waals surface area contributed by atoms with Gasteiger partial charge in [-0.05, 0) is 51.0 Å². The SMILES string of the molecule is CCC(C)n1c2ccccc2c2ccncc21.CCC(C)n1c2ccccc2c2cnccc21. The first-order valence-electron chi connectivity index (χ1n) is 12.3. The molecule has 0 N–H and O–H groups in total. The maximum absolute atomic E-state index is 4.26. The summed E-state index contributed by atoms with van der Waals surface area (Å²) in [6, 6.07) is 22.4. The van der Waals surface area contributed by atoms with Crippen molar-refractivity contribution in [2.75, 3.05) is 0 Å². The Bertz CT molecular complexity index is 1350. The van der Waals surface area contributed by atoms with E-state index >= 15 is 0 Å². The number of fused-ring (bicyclic) bond motifs is 6. The van der Waals surface area contributed by atoms with Gasteiger partial charge in [0.1, 0.15) is 0 Å². The molecule has 34 heavy (non-hydrogen) atoms. The van der Waals surface area contributed by atoms with Crippen LogP contribution in [0.3, 0.4) is 0 Å². The molecule has 6 aromatic rings. The predicted octanol–water partition coefficient (Wildman–Crippen LogP) is 8.32. The third-order valence-electron chi connectivity index (χ3n) is 7.09. The van der Waals surface area contributed by atoms with Gasteiger partial charge in [-0.1, -0.05) is 50.2 Å². The second kappa shape index (κ2) is 9.30. The minimum Gasteiger partial charge on any atom is -0.338 e. The number of hydrogen-bond acceptors (Lipinski definition) is 2. The van der Waals surface area contributed by atoms with Crippen LogP contribution in [0.25, 0.3) is 43.6 Å². The van der Waals surface area contributed by atoms with Crippen LogP contribution >= 0.6 is 0 Å². The maximum atomic E-state index is 4.26. The van der Waals surface area contributed by atoms with E-state index in [2.05, 4.69) is 107 Å². The molecule has 2 aromatic carbocycles. The first kappa shape index (κ1) is 22.1. The van der Waals surface area contributed by atoms with Gasteiger partial charge in [0.2, 0.25) is 0 Å². The molecular formula is C30H32N4. The summed E-state index contributed by atoms with van der Waals surface area (Å²) in [6.45, 7) is 8.99. The van der Waals surface area contributed by atoms with E-state index in [0.717, 1.165) is 12.8 Å². The molecule has 2 atom stereocenters. The average Bonchev–Trinajstić information content (AvgIpc) is 3.41. The topological polar surface area (TPSA) is 35.6 Å². The molecule has 0 amide bonds. The summed E-state index contributed by atoms with van der Waals surface area (Å²) < 4.78 is 4.82. The van der Waals surface area contributed by atoms with Crippen molar-refractivity contribution in [1.29, 1.82) is 0 Å². The highest BCUT2D eigenvalue weighted by Gasteiger charge is 2.14. The van der Waals surface area contributed by atoms with Crippen molar-refractivity contribution < 1.29 is 0 Å². The molecule has 6 rings (SSSR count). The highest BCUT2D eigenvalue weighted by Crippen LogP contribution is 2.33. The van der Waals surface area contributed by atoms with Crippen molar-refractivity contribution in [2.45, 2.75) is 52.6 Å². The Morgan fingerprint density at radius 2 is 1.03 bits per heavy atom. The summed E-state index contributed by atoms with van der Waals surface area (Å²) in [4.78, 5) is 8.51. The lowest BCUT2D eigenvalue weighted by molar-refractivity contribution is 0.562. The van der Waals surface area contributed by atoms with Crippen LogP contribution in [-0.2, 0) is 0 Å². The number of aromatic nitrogens is 4. The highest BCUT2D eigenvalue weighted by atomic mass is 15.0. The van der Waals surface area contributed by atoms with Gasteiger partial charge in [0.25, 0.3) is 0 Å². The molecule has 4 nitrogen and oxygen atoms in total. The lowest BCUT2D eigenvalue weighted by atomic mass is 10.2. The molecule has 4 aromatic heterocycles. The zero-order valence-corrected chi connectivity index (χ0v) is 20.4. The van der Waals surface area contributed by atoms with E-state index in [9.17, 15) is 0 Å². The molecule has 0 fully saturated rings. The van der Waals surface area contributed by atoms with Crippen molar-refractivity contribution in [3.05, 3.63) is 85.5 Å². The molecule has 0 radical (unpaired) electrons. The average molecular weight is 449 g/mol. The van der Waals surface area contributed by atoms with Gasteiger partial charge in [0.05, 0.1) is 17.2 Å². The molecule has 0 bridgehead atoms. The first-order valence-corrected chi connectivity index (χ1v) is 12.3. The molecule has 0 saturated heterocycles. The van der Waals surface area contributed by atoms with Gasteiger partial charge in [0.15, 0.2) is 0 Å². The Hall–Kier alpha value is -3.66. The standard InChI is InChI=1S/2C15H16N2/c1-3-11(2)17-14-7-5-4-6-12(14)13-10-16-9-8-15(13)17;1-3-11(2)17-14-7-5-4-6-12(14)13-8-9-16-10-15(13)17/h2*4-11H,3H2,1-2H3. The Morgan fingerprint density at radius 3 is 1.68 bits per heavy atom. The Labute approximate surface area is 200 Å². The molecule has 4 heteroatoms. The molecule has 0 aliphatic carbocycles. The zero-order chi connectivity index (χ0) is 23.7. The Morgan fingerprint density at radius 1 is 0.559 bits per heavy atom. The third kappa shape index (κ3) is 3.63. The highest BCUT2D eigenvalue weighted by molar-refractivity contribution is 6.08. The molecular weight excluding hydrogens is 416 g/mol. The maximum Gasteiger partial charge on any atom is 0.0680 e. The van der Waals surface area contributed by atoms with E-state index < -0.39 is 0 Å². The predicted molar refractivity (Wildman–Crippen MR) is 144 cm³/mol. The van der Waals surface area contributed by atoms with Crippen molar-refractivity contribution in [1.82, 2.24) is 19.1 Å². The Balaban J connectivity index is 0.000000142. The van der Waals surface area contributed by atoms with Gasteiger partial charge >= 0.3 is 0 Å². The summed E-state index contributed by atoms with van der Waals surface area (Å²) in [5.41, 5.74) is 5.15. The van der Waals surface area contributed by atoms with Crippen LogP contribution in [0.4, 0.5) is 0 Å². The van der Waals surface area contributed by atoms with Crippen molar-refractivity contribution >= 4 is 43.6 Å². The van der Waals surface area contributed by atoms with Crippen LogP contribution in [0.15, 0.2) is 85.5 Å². The van der Waals surface area contributed by atoms with E-state index in [1.165, 1.54) is 43.6 Å². The fourth-order valence-corrected chi connectivity index (χ4v) is 5.01. The molecule has 0 aliphatic rings. The quantitative estimate of drug-likeness (QED) is 0.272. The van der Waals surface area contributed by atoms with Gasteiger partial charge in [-0.25, -0.2) is 0 Å². The number of benzene rings is 2. The van der Waals surface area contributed by atoms with Gasteiger partial charge in [-0.2, -0.15) is 0 Å². The minimum absolute atomic E-state index is 0.501. The van der Waals surface area contributed by atoms with E-state index in [-0.39, 0.29) is 0 Å². The van der Waals surface area contributed by atoms with E-state index in [1.807, 2.05) is 24.8 Å². The van der Waals surface area contributed by atoms with Crippen LogP contribution in [0, 0.1) is 0 Å². The van der Waals surface area contributed by atoms with E-state index in [0.29, 0.717) is 12.1 Å². The van der Waals surface area contributed by atoms with Gasteiger partial charge in [-0.15, -0.1) is 0 Å². The van der Waals surface area contributed by atoms with Crippen LogP contribution in [-0.4, -0.2) is 19.1 Å². The zero-order valence-electron chi connectivity index (χ0n) is 20.4. The van der Waals surface area contributed by atoms with Crippen molar-refractivity contribution in [3.63, 3.8) is 0 Å². The fourth-order valence-electron chi connectivity index (χ4n) is 5.01. The van der Waals surface area contributed by atoms with Gasteiger partial charge < -0.3 is 9.13 Å². The van der Waals surface area contributed by atoms with Crippen LogP contribution in [0.2, 0.25) is 0 Å². The van der Waals surface area contributed by atoms with Gasteiger partial charge in [-0.3, -0.25) is 9.97 Å². The fraction of sp³-hybridized carbons (Fsp3) is 0.267. The summed E-state index contributed by atoms with van der Waals surface area (Å²) >= 11 is 0. The normalized spacial score (nSPS) is 13.3. The second-order valence-electron chi connectivity index (χ2n) is 9.07. The summed E-state index contributed by atoms with van der Waals surface area (Å²) in [7, 11) is 0. The van der Waals surface area contributed by atoms with Crippen molar-refractivity contribution in [3.8, 4) is 0 Å². The number of para-hydroxylation sites is 2. The molecule has 0 spiro atoms. The largest absolute Gasteiger partial charge is 0.338 e. The summed E-state index contributed by atoms with van der Waals surface area (Å²) in [5.74, 6) is 0. The number of hydrogen-bond donors (Lipinski definition) is 0. The smallest absolute Gasteiger partial charge is 0.0680 e. The van der Waals surface area contributed by atoms with Crippen LogP contribution in [0.5, 0.6) is 0 Å². The van der Waals surface area contributed by atoms with Crippen LogP contribution < -0.4 is 0 Å². The molecule has 2 unspecified atom stereocenters. The lowest BCUT2D eigenvalue weighted by Crippen LogP contribution is -2.03. The number of nitrogens with zero attached hydrogens (tertiary/aromatic N) is 4. The second-order valence-corrected chi connectivity index (χ2v) is 9.07. The number of pyridine rings is 2. The molecule has 172 valence electrons. The minimum atomic E-state index is 0.501. The van der Waals surface area contributed by atoms with Crippen molar-refractivity contribution in [2.24, 2.45) is 0 Å². The van der Waals surface area contributed by atoms with Crippen LogP contribution in [0.1, 0.15) is 52.6 Å². The van der Waals surface area contributed by atoms with E-state index in [1.54, 1.807) is 0 Å². The van der Waals surface area contributed by atoms with E-state index in [4.69, 9.17) is 0 Å².